The van der Waals surface area contributed by atoms with Crippen LogP contribution in [0.5, 0.6) is 0 Å². The van der Waals surface area contributed by atoms with Crippen molar-refractivity contribution < 1.29 is 4.79 Å². The Bertz CT molecular complexity index is 394. The molecule has 0 fully saturated rings. The molecular formula is C12H21N5O. The Morgan fingerprint density at radius 1 is 1.11 bits per heavy atom. The fourth-order valence-electron chi connectivity index (χ4n) is 1.45. The Kier molecular flexibility index (Phi) is 5.90. The monoisotopic (exact) mass is 251 g/mol. The SMILES string of the molecule is CCNC(=O)CNc1cc(NCC)nc(CC)n1. The third-order valence-electron chi connectivity index (χ3n) is 2.25. The number of aryl methyl sites for hydroxylation is 1. The van der Waals surface area contributed by atoms with Crippen LogP contribution < -0.4 is 16.0 Å². The van der Waals surface area contributed by atoms with Crippen LogP contribution in [0.3, 0.4) is 0 Å². The summed E-state index contributed by atoms with van der Waals surface area (Å²) in [6.45, 7) is 7.55. The second-order valence-electron chi connectivity index (χ2n) is 3.75. The summed E-state index contributed by atoms with van der Waals surface area (Å²) in [6.07, 6.45) is 0.759. The van der Waals surface area contributed by atoms with E-state index in [0.29, 0.717) is 12.4 Å². The number of carbonyl (C=O) groups is 1. The lowest BCUT2D eigenvalue weighted by molar-refractivity contribution is -0.119. The maximum atomic E-state index is 11.3. The van der Waals surface area contributed by atoms with Crippen LogP contribution in [0.15, 0.2) is 6.07 Å². The first kappa shape index (κ1) is 14.2. The lowest BCUT2D eigenvalue weighted by Gasteiger charge is -2.09. The highest BCUT2D eigenvalue weighted by Gasteiger charge is 2.04. The topological polar surface area (TPSA) is 78.9 Å². The summed E-state index contributed by atoms with van der Waals surface area (Å²) in [7, 11) is 0. The molecule has 1 amide bonds. The third-order valence-corrected chi connectivity index (χ3v) is 2.25. The van der Waals surface area contributed by atoms with Gasteiger partial charge in [-0.25, -0.2) is 9.97 Å². The van der Waals surface area contributed by atoms with Gasteiger partial charge in [-0.3, -0.25) is 4.79 Å². The number of likely N-dealkylation sites (N-methyl/N-ethyl adjacent to an activating group) is 1. The van der Waals surface area contributed by atoms with Crippen LogP contribution in [0.2, 0.25) is 0 Å². The molecule has 0 atom stereocenters. The van der Waals surface area contributed by atoms with Crippen molar-refractivity contribution in [3.05, 3.63) is 11.9 Å². The number of nitrogens with one attached hydrogen (secondary N) is 3. The molecule has 0 bridgehead atoms. The first-order valence-corrected chi connectivity index (χ1v) is 6.31. The number of amides is 1. The van der Waals surface area contributed by atoms with Gasteiger partial charge in [-0.15, -0.1) is 0 Å². The number of aromatic nitrogens is 2. The van der Waals surface area contributed by atoms with Gasteiger partial charge in [-0.05, 0) is 13.8 Å². The summed E-state index contributed by atoms with van der Waals surface area (Å²) < 4.78 is 0. The molecule has 1 aromatic rings. The molecule has 6 heteroatoms. The second kappa shape index (κ2) is 7.47. The summed E-state index contributed by atoms with van der Waals surface area (Å²) >= 11 is 0. The van der Waals surface area contributed by atoms with E-state index < -0.39 is 0 Å². The Morgan fingerprint density at radius 3 is 2.33 bits per heavy atom. The van der Waals surface area contributed by atoms with Gasteiger partial charge in [-0.1, -0.05) is 6.92 Å². The zero-order valence-electron chi connectivity index (χ0n) is 11.2. The average molecular weight is 251 g/mol. The molecule has 0 aromatic carbocycles. The molecular weight excluding hydrogens is 230 g/mol. The molecule has 0 radical (unpaired) electrons. The molecule has 3 N–H and O–H groups in total. The molecule has 1 heterocycles. The zero-order chi connectivity index (χ0) is 13.4. The molecule has 1 rings (SSSR count). The third kappa shape index (κ3) is 4.57. The number of hydrogen-bond donors (Lipinski definition) is 3. The van der Waals surface area contributed by atoms with Gasteiger partial charge in [0.2, 0.25) is 5.91 Å². The smallest absolute Gasteiger partial charge is 0.239 e. The summed E-state index contributed by atoms with van der Waals surface area (Å²) in [5, 5.41) is 8.87. The summed E-state index contributed by atoms with van der Waals surface area (Å²) in [5.41, 5.74) is 0. The molecule has 100 valence electrons. The molecule has 0 aliphatic heterocycles. The van der Waals surface area contributed by atoms with Crippen LogP contribution >= 0.6 is 0 Å². The number of carbonyl (C=O) groups excluding carboxylic acids is 1. The standard InChI is InChI=1S/C12H21N5O/c1-4-9-16-10(13-5-2)7-11(17-9)15-8-12(18)14-6-3/h7H,4-6,8H2,1-3H3,(H,14,18)(H2,13,15,16,17). The molecule has 0 unspecified atom stereocenters. The number of anilines is 2. The van der Waals surface area contributed by atoms with Crippen molar-refractivity contribution in [2.45, 2.75) is 27.2 Å². The predicted octanol–water partition coefficient (Wildman–Crippen LogP) is 1.02. The van der Waals surface area contributed by atoms with E-state index in [0.717, 1.165) is 24.6 Å². The van der Waals surface area contributed by atoms with Crippen molar-refractivity contribution in [3.8, 4) is 0 Å². The van der Waals surface area contributed by atoms with Crippen molar-refractivity contribution in [2.75, 3.05) is 30.3 Å². The molecule has 1 aromatic heterocycles. The van der Waals surface area contributed by atoms with Crippen molar-refractivity contribution in [3.63, 3.8) is 0 Å². The Hall–Kier alpha value is -1.85. The summed E-state index contributed by atoms with van der Waals surface area (Å²) in [6, 6.07) is 1.81. The fourth-order valence-corrected chi connectivity index (χ4v) is 1.45. The molecule has 0 aliphatic rings. The maximum absolute atomic E-state index is 11.3. The first-order valence-electron chi connectivity index (χ1n) is 6.31. The summed E-state index contributed by atoms with van der Waals surface area (Å²) in [4.78, 5) is 20.0. The first-order chi connectivity index (χ1) is 8.69. The fraction of sp³-hybridized carbons (Fsp3) is 0.583. The highest BCUT2D eigenvalue weighted by molar-refractivity contribution is 5.80. The Balaban J connectivity index is 2.68. The van der Waals surface area contributed by atoms with E-state index in [1.165, 1.54) is 0 Å². The van der Waals surface area contributed by atoms with Crippen molar-refractivity contribution in [1.29, 1.82) is 0 Å². The van der Waals surface area contributed by atoms with Gasteiger partial charge >= 0.3 is 0 Å². The van der Waals surface area contributed by atoms with Crippen LogP contribution in [0.25, 0.3) is 0 Å². The van der Waals surface area contributed by atoms with E-state index in [1.807, 2.05) is 26.8 Å². The molecule has 0 spiro atoms. The van der Waals surface area contributed by atoms with Crippen LogP contribution in [0.1, 0.15) is 26.6 Å². The number of rotatable bonds is 7. The molecule has 0 saturated carbocycles. The van der Waals surface area contributed by atoms with Gasteiger partial charge in [0.05, 0.1) is 6.54 Å². The zero-order valence-corrected chi connectivity index (χ0v) is 11.2. The highest BCUT2D eigenvalue weighted by atomic mass is 16.1. The van der Waals surface area contributed by atoms with Crippen LogP contribution in [0.4, 0.5) is 11.6 Å². The van der Waals surface area contributed by atoms with E-state index in [-0.39, 0.29) is 12.5 Å². The minimum atomic E-state index is -0.0424. The molecule has 6 nitrogen and oxygen atoms in total. The van der Waals surface area contributed by atoms with Crippen LogP contribution in [0, 0.1) is 0 Å². The van der Waals surface area contributed by atoms with Crippen molar-refractivity contribution in [1.82, 2.24) is 15.3 Å². The Labute approximate surface area is 108 Å². The van der Waals surface area contributed by atoms with Gasteiger partial charge in [-0.2, -0.15) is 0 Å². The lowest BCUT2D eigenvalue weighted by Crippen LogP contribution is -2.29. The van der Waals surface area contributed by atoms with Gasteiger partial charge < -0.3 is 16.0 Å². The second-order valence-corrected chi connectivity index (χ2v) is 3.75. The largest absolute Gasteiger partial charge is 0.370 e. The minimum absolute atomic E-state index is 0.0424. The van der Waals surface area contributed by atoms with Crippen molar-refractivity contribution >= 4 is 17.5 Å². The van der Waals surface area contributed by atoms with E-state index >= 15 is 0 Å². The van der Waals surface area contributed by atoms with Gasteiger partial charge in [0.25, 0.3) is 0 Å². The molecule has 18 heavy (non-hydrogen) atoms. The van der Waals surface area contributed by atoms with Gasteiger partial charge in [0.15, 0.2) is 0 Å². The maximum Gasteiger partial charge on any atom is 0.239 e. The van der Waals surface area contributed by atoms with E-state index in [4.69, 9.17) is 0 Å². The Morgan fingerprint density at radius 2 is 1.78 bits per heavy atom. The van der Waals surface area contributed by atoms with Crippen LogP contribution in [-0.4, -0.2) is 35.5 Å². The predicted molar refractivity (Wildman–Crippen MR) is 72.7 cm³/mol. The van der Waals surface area contributed by atoms with E-state index in [9.17, 15) is 4.79 Å². The van der Waals surface area contributed by atoms with Gasteiger partial charge in [0.1, 0.15) is 17.5 Å². The molecule has 0 aliphatic carbocycles. The highest BCUT2D eigenvalue weighted by Crippen LogP contribution is 2.11. The number of hydrogen-bond acceptors (Lipinski definition) is 5. The quantitative estimate of drug-likeness (QED) is 0.674. The summed E-state index contributed by atoms with van der Waals surface area (Å²) in [5.74, 6) is 2.16. The number of nitrogens with zero attached hydrogens (tertiary/aromatic N) is 2. The van der Waals surface area contributed by atoms with Crippen molar-refractivity contribution in [2.24, 2.45) is 0 Å². The van der Waals surface area contributed by atoms with Gasteiger partial charge in [0, 0.05) is 25.6 Å². The average Bonchev–Trinajstić information content (AvgIpc) is 2.37. The van der Waals surface area contributed by atoms with Crippen LogP contribution in [-0.2, 0) is 11.2 Å². The lowest BCUT2D eigenvalue weighted by atomic mass is 10.4. The normalized spacial score (nSPS) is 9.94. The van der Waals surface area contributed by atoms with E-state index in [1.54, 1.807) is 0 Å². The minimum Gasteiger partial charge on any atom is -0.370 e. The molecule has 0 saturated heterocycles. The van der Waals surface area contributed by atoms with E-state index in [2.05, 4.69) is 25.9 Å².